The Morgan fingerprint density at radius 1 is 1.26 bits per heavy atom. The van der Waals surface area contributed by atoms with Crippen LogP contribution in [0.5, 0.6) is 0 Å². The molecule has 0 aromatic rings. The molecule has 8 nitrogen and oxygen atoms in total. The van der Waals surface area contributed by atoms with Crippen LogP contribution in [0.25, 0.3) is 0 Å². The smallest absolute Gasteiger partial charge is 0.326 e. The van der Waals surface area contributed by atoms with E-state index in [0.29, 0.717) is 0 Å². The third kappa shape index (κ3) is 7.62. The van der Waals surface area contributed by atoms with Crippen molar-refractivity contribution in [1.29, 1.82) is 0 Å². The second-order valence-corrected chi connectivity index (χ2v) is 6.20. The van der Waals surface area contributed by atoms with Gasteiger partial charge in [-0.05, 0) is 5.92 Å². The SMILES string of the molecule is CCNS(=O)(=O)CCNC(=O)NC(C(=O)O)C(C)C. The number of hydrogen-bond donors (Lipinski definition) is 4. The number of carbonyl (C=O) groups is 2. The summed E-state index contributed by atoms with van der Waals surface area (Å²) in [6.45, 7) is 5.16. The minimum Gasteiger partial charge on any atom is -0.480 e. The molecule has 0 bridgehead atoms. The number of rotatable bonds is 8. The summed E-state index contributed by atoms with van der Waals surface area (Å²) in [5.74, 6) is -1.66. The predicted octanol–water partition coefficient (Wildman–Crippen LogP) is -0.666. The van der Waals surface area contributed by atoms with E-state index in [1.54, 1.807) is 20.8 Å². The van der Waals surface area contributed by atoms with E-state index in [4.69, 9.17) is 5.11 Å². The van der Waals surface area contributed by atoms with Gasteiger partial charge in [0.05, 0.1) is 5.75 Å². The van der Waals surface area contributed by atoms with E-state index in [-0.39, 0.29) is 24.8 Å². The maximum Gasteiger partial charge on any atom is 0.326 e. The molecule has 0 aromatic heterocycles. The molecule has 1 unspecified atom stereocenters. The Labute approximate surface area is 113 Å². The van der Waals surface area contributed by atoms with Crippen LogP contribution in [0, 0.1) is 5.92 Å². The predicted molar refractivity (Wildman–Crippen MR) is 70.3 cm³/mol. The number of aliphatic carboxylic acids is 1. The van der Waals surface area contributed by atoms with E-state index in [9.17, 15) is 18.0 Å². The van der Waals surface area contributed by atoms with Crippen molar-refractivity contribution in [3.63, 3.8) is 0 Å². The van der Waals surface area contributed by atoms with Crippen molar-refractivity contribution in [1.82, 2.24) is 15.4 Å². The fourth-order valence-corrected chi connectivity index (χ4v) is 2.25. The van der Waals surface area contributed by atoms with Gasteiger partial charge in [-0.25, -0.2) is 22.7 Å². The van der Waals surface area contributed by atoms with Crippen molar-refractivity contribution in [3.8, 4) is 0 Å². The van der Waals surface area contributed by atoms with Gasteiger partial charge in [-0.15, -0.1) is 0 Å². The molecule has 0 radical (unpaired) electrons. The first kappa shape index (κ1) is 17.6. The molecule has 4 N–H and O–H groups in total. The standard InChI is InChI=1S/C10H21N3O5S/c1-4-12-19(17,18)6-5-11-10(16)13-8(7(2)3)9(14)15/h7-8,12H,4-6H2,1-3H3,(H,14,15)(H2,11,13,16). The van der Waals surface area contributed by atoms with Crippen LogP contribution in [0.4, 0.5) is 4.79 Å². The number of hydrogen-bond acceptors (Lipinski definition) is 4. The molecule has 2 amide bonds. The van der Waals surface area contributed by atoms with Gasteiger partial charge >= 0.3 is 12.0 Å². The molecule has 112 valence electrons. The first-order valence-electron chi connectivity index (χ1n) is 5.94. The Morgan fingerprint density at radius 2 is 1.84 bits per heavy atom. The number of carboxylic acids is 1. The highest BCUT2D eigenvalue weighted by molar-refractivity contribution is 7.89. The van der Waals surface area contributed by atoms with E-state index in [0.717, 1.165) is 0 Å². The van der Waals surface area contributed by atoms with Gasteiger partial charge in [0.2, 0.25) is 10.0 Å². The average molecular weight is 295 g/mol. The van der Waals surface area contributed by atoms with E-state index in [1.807, 2.05) is 0 Å². The summed E-state index contributed by atoms with van der Waals surface area (Å²) in [5, 5.41) is 13.4. The summed E-state index contributed by atoms with van der Waals surface area (Å²) in [5.41, 5.74) is 0. The summed E-state index contributed by atoms with van der Waals surface area (Å²) < 4.78 is 24.8. The maximum absolute atomic E-state index is 11.4. The molecule has 1 atom stereocenters. The van der Waals surface area contributed by atoms with Crippen LogP contribution >= 0.6 is 0 Å². The lowest BCUT2D eigenvalue weighted by Gasteiger charge is -2.18. The number of sulfonamides is 1. The molecule has 0 saturated heterocycles. The zero-order chi connectivity index (χ0) is 15.1. The van der Waals surface area contributed by atoms with Gasteiger partial charge in [0.15, 0.2) is 0 Å². The van der Waals surface area contributed by atoms with Crippen molar-refractivity contribution < 1.29 is 23.1 Å². The molecule has 0 saturated carbocycles. The molecule has 0 rings (SSSR count). The number of nitrogens with one attached hydrogen (secondary N) is 3. The molecule has 19 heavy (non-hydrogen) atoms. The van der Waals surface area contributed by atoms with Crippen molar-refractivity contribution in [3.05, 3.63) is 0 Å². The molecular weight excluding hydrogens is 274 g/mol. The molecule has 0 aliphatic heterocycles. The van der Waals surface area contributed by atoms with Crippen LogP contribution in [0.15, 0.2) is 0 Å². The third-order valence-electron chi connectivity index (χ3n) is 2.24. The third-order valence-corrected chi connectivity index (χ3v) is 3.71. The fourth-order valence-electron chi connectivity index (χ4n) is 1.30. The first-order valence-corrected chi connectivity index (χ1v) is 7.59. The Morgan fingerprint density at radius 3 is 2.26 bits per heavy atom. The van der Waals surface area contributed by atoms with Gasteiger partial charge in [-0.2, -0.15) is 0 Å². The van der Waals surface area contributed by atoms with E-state index in [2.05, 4.69) is 15.4 Å². The molecular formula is C10H21N3O5S. The van der Waals surface area contributed by atoms with Gasteiger partial charge in [-0.3, -0.25) is 0 Å². The number of carboxylic acid groups (broad SMARTS) is 1. The number of amides is 2. The van der Waals surface area contributed by atoms with Crippen molar-refractivity contribution in [2.24, 2.45) is 5.92 Å². The lowest BCUT2D eigenvalue weighted by atomic mass is 10.1. The van der Waals surface area contributed by atoms with Crippen molar-refractivity contribution in [2.45, 2.75) is 26.8 Å². The summed E-state index contributed by atoms with van der Waals surface area (Å²) >= 11 is 0. The van der Waals surface area contributed by atoms with Crippen LogP contribution in [0.1, 0.15) is 20.8 Å². The molecule has 0 aliphatic rings. The Balaban J connectivity index is 4.16. The molecule has 0 spiro atoms. The van der Waals surface area contributed by atoms with Gasteiger partial charge in [0.25, 0.3) is 0 Å². The highest BCUT2D eigenvalue weighted by Crippen LogP contribution is 2.01. The number of carbonyl (C=O) groups excluding carboxylic acids is 1. The van der Waals surface area contributed by atoms with Crippen LogP contribution in [0.3, 0.4) is 0 Å². The van der Waals surface area contributed by atoms with Gasteiger partial charge in [0.1, 0.15) is 6.04 Å². The second kappa shape index (κ2) is 7.95. The second-order valence-electron chi connectivity index (χ2n) is 4.28. The fraction of sp³-hybridized carbons (Fsp3) is 0.800. The molecule has 0 aromatic carbocycles. The summed E-state index contributed by atoms with van der Waals surface area (Å²) in [6.07, 6.45) is 0. The highest BCUT2D eigenvalue weighted by Gasteiger charge is 2.23. The molecule has 9 heteroatoms. The summed E-state index contributed by atoms with van der Waals surface area (Å²) in [7, 11) is -3.40. The maximum atomic E-state index is 11.4. The highest BCUT2D eigenvalue weighted by atomic mass is 32.2. The minimum absolute atomic E-state index is 0.0917. The van der Waals surface area contributed by atoms with E-state index < -0.39 is 28.1 Å². The zero-order valence-corrected chi connectivity index (χ0v) is 12.1. The normalized spacial score (nSPS) is 13.1. The average Bonchev–Trinajstić information content (AvgIpc) is 2.24. The zero-order valence-electron chi connectivity index (χ0n) is 11.3. The molecule has 0 fully saturated rings. The monoisotopic (exact) mass is 295 g/mol. The van der Waals surface area contributed by atoms with Gasteiger partial charge in [-0.1, -0.05) is 20.8 Å². The van der Waals surface area contributed by atoms with Gasteiger partial charge < -0.3 is 15.7 Å². The first-order chi connectivity index (χ1) is 8.69. The Kier molecular flexibility index (Phi) is 7.38. The Hall–Kier alpha value is -1.35. The largest absolute Gasteiger partial charge is 0.480 e. The minimum atomic E-state index is -3.40. The lowest BCUT2D eigenvalue weighted by molar-refractivity contribution is -0.140. The molecule has 0 heterocycles. The van der Waals surface area contributed by atoms with Crippen molar-refractivity contribution in [2.75, 3.05) is 18.8 Å². The van der Waals surface area contributed by atoms with E-state index in [1.165, 1.54) is 0 Å². The summed E-state index contributed by atoms with van der Waals surface area (Å²) in [6, 6.07) is -1.71. The summed E-state index contributed by atoms with van der Waals surface area (Å²) in [4.78, 5) is 22.3. The van der Waals surface area contributed by atoms with E-state index >= 15 is 0 Å². The molecule has 0 aliphatic carbocycles. The lowest BCUT2D eigenvalue weighted by Crippen LogP contribution is -2.49. The van der Waals surface area contributed by atoms with Crippen molar-refractivity contribution >= 4 is 22.0 Å². The van der Waals surface area contributed by atoms with Gasteiger partial charge in [0, 0.05) is 13.1 Å². The Bertz CT molecular complexity index is 407. The van der Waals surface area contributed by atoms with Crippen LogP contribution in [0.2, 0.25) is 0 Å². The van der Waals surface area contributed by atoms with Crippen LogP contribution < -0.4 is 15.4 Å². The van der Waals surface area contributed by atoms with Crippen LogP contribution in [-0.4, -0.2) is 50.4 Å². The quantitative estimate of drug-likeness (QED) is 0.473. The topological polar surface area (TPSA) is 125 Å². The van der Waals surface area contributed by atoms with Crippen LogP contribution in [-0.2, 0) is 14.8 Å². The number of urea groups is 1.